The Morgan fingerprint density at radius 1 is 0.767 bits per heavy atom. The van der Waals surface area contributed by atoms with Crippen LogP contribution in [0.5, 0.6) is 0 Å². The van der Waals surface area contributed by atoms with E-state index in [2.05, 4.69) is 24.8 Å². The third-order valence-electron chi connectivity index (χ3n) is 5.84. The molecular weight excluding hydrogens is 400 g/mol. The molecule has 3 aromatic rings. The number of aromatic nitrogens is 3. The number of pyridine rings is 1. The molecule has 2 aliphatic heterocycles. The third-order valence-corrected chi connectivity index (χ3v) is 7.75. The molecule has 0 aliphatic carbocycles. The summed E-state index contributed by atoms with van der Waals surface area (Å²) in [6, 6.07) is 9.15. The molecule has 156 valence electrons. The van der Waals surface area contributed by atoms with Gasteiger partial charge in [-0.25, -0.2) is 18.4 Å². The van der Waals surface area contributed by atoms with Gasteiger partial charge in [-0.3, -0.25) is 4.98 Å². The van der Waals surface area contributed by atoms with Gasteiger partial charge in [0.1, 0.15) is 11.3 Å². The van der Waals surface area contributed by atoms with Gasteiger partial charge in [0, 0.05) is 51.2 Å². The van der Waals surface area contributed by atoms with Crippen molar-refractivity contribution in [2.24, 2.45) is 0 Å². The topological polar surface area (TPSA) is 82.5 Å². The van der Waals surface area contributed by atoms with E-state index in [1.165, 1.54) is 12.8 Å². The molecule has 0 bridgehead atoms. The minimum absolute atomic E-state index is 0.358. The first-order chi connectivity index (χ1) is 14.6. The number of anilines is 2. The number of benzene rings is 1. The smallest absolute Gasteiger partial charge is 0.243 e. The zero-order valence-electron chi connectivity index (χ0n) is 16.7. The Morgan fingerprint density at radius 3 is 2.23 bits per heavy atom. The predicted molar refractivity (Wildman–Crippen MR) is 116 cm³/mol. The lowest BCUT2D eigenvalue weighted by molar-refractivity contribution is 0.384. The molecule has 1 aromatic carbocycles. The van der Waals surface area contributed by atoms with Crippen molar-refractivity contribution in [2.75, 3.05) is 49.1 Å². The Hall–Kier alpha value is -2.78. The van der Waals surface area contributed by atoms with Crippen molar-refractivity contribution in [3.63, 3.8) is 0 Å². The fourth-order valence-electron chi connectivity index (χ4n) is 4.12. The third kappa shape index (κ3) is 3.59. The first kappa shape index (κ1) is 19.2. The summed E-state index contributed by atoms with van der Waals surface area (Å²) in [5.74, 6) is 0.765. The van der Waals surface area contributed by atoms with Gasteiger partial charge >= 0.3 is 0 Å². The van der Waals surface area contributed by atoms with E-state index in [9.17, 15) is 8.42 Å². The quantitative estimate of drug-likeness (QED) is 0.635. The summed E-state index contributed by atoms with van der Waals surface area (Å²) < 4.78 is 27.8. The number of rotatable bonds is 4. The van der Waals surface area contributed by atoms with Gasteiger partial charge in [-0.2, -0.15) is 4.31 Å². The molecule has 5 rings (SSSR count). The van der Waals surface area contributed by atoms with Crippen molar-refractivity contribution in [2.45, 2.75) is 17.7 Å². The fraction of sp³-hybridized carbons (Fsp3) is 0.381. The second-order valence-corrected chi connectivity index (χ2v) is 9.61. The van der Waals surface area contributed by atoms with Crippen LogP contribution in [0.3, 0.4) is 0 Å². The van der Waals surface area contributed by atoms with Gasteiger partial charge in [0.05, 0.1) is 22.8 Å². The van der Waals surface area contributed by atoms with Crippen molar-refractivity contribution in [1.29, 1.82) is 0 Å². The molecular formula is C21H24N6O2S. The number of piperazine rings is 1. The van der Waals surface area contributed by atoms with Gasteiger partial charge in [0.25, 0.3) is 0 Å². The molecule has 2 aliphatic rings. The number of sulfonamides is 1. The van der Waals surface area contributed by atoms with Crippen LogP contribution in [0.25, 0.3) is 11.0 Å². The molecule has 0 N–H and O–H groups in total. The van der Waals surface area contributed by atoms with Crippen molar-refractivity contribution in [3.05, 3.63) is 48.9 Å². The van der Waals surface area contributed by atoms with E-state index in [1.54, 1.807) is 35.0 Å². The van der Waals surface area contributed by atoms with Gasteiger partial charge in [-0.1, -0.05) is 0 Å². The average molecular weight is 425 g/mol. The van der Waals surface area contributed by atoms with Crippen LogP contribution in [0, 0.1) is 0 Å². The summed E-state index contributed by atoms with van der Waals surface area (Å²) in [7, 11) is -3.50. The van der Waals surface area contributed by atoms with Crippen LogP contribution in [0.4, 0.5) is 11.5 Å². The Kier molecular flexibility index (Phi) is 5.00. The standard InChI is InChI=1S/C21H24N6O2S/c28-30(29,18-5-3-17(4-6-18)25-9-1-2-10-25)27-13-11-26(12-14-27)21-16-23-20-15-22-8-7-19(20)24-21/h3-8,15-16H,1-2,9-14H2. The maximum absolute atomic E-state index is 13.1. The summed E-state index contributed by atoms with van der Waals surface area (Å²) >= 11 is 0. The molecule has 0 atom stereocenters. The van der Waals surface area contributed by atoms with E-state index in [0.717, 1.165) is 35.6 Å². The van der Waals surface area contributed by atoms with E-state index in [1.807, 2.05) is 18.2 Å². The normalized spacial score (nSPS) is 18.3. The molecule has 4 heterocycles. The van der Waals surface area contributed by atoms with Crippen molar-refractivity contribution < 1.29 is 8.42 Å². The molecule has 30 heavy (non-hydrogen) atoms. The van der Waals surface area contributed by atoms with E-state index in [-0.39, 0.29) is 0 Å². The van der Waals surface area contributed by atoms with Gasteiger partial charge in [0.2, 0.25) is 10.0 Å². The summed E-state index contributed by atoms with van der Waals surface area (Å²) in [5, 5.41) is 0. The summed E-state index contributed by atoms with van der Waals surface area (Å²) in [6.07, 6.45) is 7.50. The molecule has 0 spiro atoms. The molecule has 9 heteroatoms. The van der Waals surface area contributed by atoms with E-state index < -0.39 is 10.0 Å². The minimum atomic E-state index is -3.50. The van der Waals surface area contributed by atoms with Gasteiger partial charge in [-0.15, -0.1) is 0 Å². The molecule has 0 amide bonds. The highest BCUT2D eigenvalue weighted by Gasteiger charge is 2.29. The number of hydrogen-bond acceptors (Lipinski definition) is 7. The van der Waals surface area contributed by atoms with Crippen LogP contribution < -0.4 is 9.80 Å². The van der Waals surface area contributed by atoms with Crippen LogP contribution in [0.15, 0.2) is 53.8 Å². The fourth-order valence-corrected chi connectivity index (χ4v) is 5.54. The Balaban J connectivity index is 1.28. The first-order valence-corrected chi connectivity index (χ1v) is 11.7. The first-order valence-electron chi connectivity index (χ1n) is 10.3. The lowest BCUT2D eigenvalue weighted by Crippen LogP contribution is -2.48. The van der Waals surface area contributed by atoms with Gasteiger partial charge in [0.15, 0.2) is 0 Å². The number of fused-ring (bicyclic) bond motifs is 1. The Morgan fingerprint density at radius 2 is 1.50 bits per heavy atom. The van der Waals surface area contributed by atoms with Crippen molar-refractivity contribution >= 4 is 32.6 Å². The molecule has 0 unspecified atom stereocenters. The second kappa shape index (κ2) is 7.81. The van der Waals surface area contributed by atoms with E-state index >= 15 is 0 Å². The molecule has 2 aromatic heterocycles. The highest BCUT2D eigenvalue weighted by molar-refractivity contribution is 7.89. The van der Waals surface area contributed by atoms with Crippen LogP contribution in [-0.2, 0) is 10.0 Å². The van der Waals surface area contributed by atoms with Crippen molar-refractivity contribution in [3.8, 4) is 0 Å². The summed E-state index contributed by atoms with van der Waals surface area (Å²) in [5.41, 5.74) is 2.64. The summed E-state index contributed by atoms with van der Waals surface area (Å²) in [6.45, 7) is 4.09. The van der Waals surface area contributed by atoms with Crippen molar-refractivity contribution in [1.82, 2.24) is 19.3 Å². The maximum Gasteiger partial charge on any atom is 0.243 e. The highest BCUT2D eigenvalue weighted by Crippen LogP contribution is 2.25. The lowest BCUT2D eigenvalue weighted by atomic mass is 10.3. The largest absolute Gasteiger partial charge is 0.372 e. The molecule has 2 saturated heterocycles. The Bertz CT molecular complexity index is 1140. The maximum atomic E-state index is 13.1. The molecule has 8 nitrogen and oxygen atoms in total. The second-order valence-electron chi connectivity index (χ2n) is 7.67. The SMILES string of the molecule is O=S(=O)(c1ccc(N2CCCC2)cc1)N1CCN(c2cnc3cnccc3n2)CC1. The average Bonchev–Trinajstić information content (AvgIpc) is 3.34. The predicted octanol–water partition coefficient (Wildman–Crippen LogP) is 2.14. The monoisotopic (exact) mass is 424 g/mol. The van der Waals surface area contributed by atoms with Gasteiger partial charge in [-0.05, 0) is 43.2 Å². The van der Waals surface area contributed by atoms with E-state index in [4.69, 9.17) is 0 Å². The molecule has 0 radical (unpaired) electrons. The minimum Gasteiger partial charge on any atom is -0.372 e. The van der Waals surface area contributed by atoms with Gasteiger partial charge < -0.3 is 9.80 Å². The van der Waals surface area contributed by atoms with Crippen LogP contribution in [0.2, 0.25) is 0 Å². The zero-order valence-corrected chi connectivity index (χ0v) is 17.5. The van der Waals surface area contributed by atoms with E-state index in [0.29, 0.717) is 31.1 Å². The molecule has 2 fully saturated rings. The lowest BCUT2D eigenvalue weighted by Gasteiger charge is -2.34. The number of hydrogen-bond donors (Lipinski definition) is 0. The zero-order chi connectivity index (χ0) is 20.6. The molecule has 0 saturated carbocycles. The van der Waals surface area contributed by atoms with Crippen LogP contribution in [-0.4, -0.2) is 66.9 Å². The summed E-state index contributed by atoms with van der Waals surface area (Å²) in [4.78, 5) is 17.8. The van der Waals surface area contributed by atoms with Crippen LogP contribution >= 0.6 is 0 Å². The van der Waals surface area contributed by atoms with Crippen LogP contribution in [0.1, 0.15) is 12.8 Å². The Labute approximate surface area is 176 Å². The number of nitrogens with zero attached hydrogens (tertiary/aromatic N) is 6. The highest BCUT2D eigenvalue weighted by atomic mass is 32.2.